The second kappa shape index (κ2) is 6.03. The molecule has 0 spiro atoms. The third-order valence-electron chi connectivity index (χ3n) is 2.98. The summed E-state index contributed by atoms with van der Waals surface area (Å²) in [6.07, 6.45) is 2.91. The molecule has 0 saturated carbocycles. The van der Waals surface area contributed by atoms with Crippen LogP contribution in [0.1, 0.15) is 45.1 Å². The molecule has 116 valence electrons. The van der Waals surface area contributed by atoms with Crippen molar-refractivity contribution in [1.82, 2.24) is 10.3 Å². The van der Waals surface area contributed by atoms with Gasteiger partial charge in [0.2, 0.25) is 5.91 Å². The number of allylic oxidation sites excluding steroid dienone is 1. The third-order valence-corrected chi connectivity index (χ3v) is 4.00. The minimum absolute atomic E-state index is 0.0598. The lowest BCUT2D eigenvalue weighted by Crippen LogP contribution is -2.24. The topological polar surface area (TPSA) is 83.5 Å². The van der Waals surface area contributed by atoms with Crippen molar-refractivity contribution in [2.45, 2.75) is 46.4 Å². The molecule has 1 aliphatic rings. The molecule has 21 heavy (non-hydrogen) atoms. The maximum absolute atomic E-state index is 11.0. The van der Waals surface area contributed by atoms with Crippen LogP contribution in [0.2, 0.25) is 0 Å². The van der Waals surface area contributed by atoms with E-state index in [4.69, 9.17) is 4.74 Å². The predicted octanol–water partition coefficient (Wildman–Crippen LogP) is 2.36. The van der Waals surface area contributed by atoms with Crippen molar-refractivity contribution in [3.63, 3.8) is 0 Å². The number of amides is 1. The van der Waals surface area contributed by atoms with E-state index in [2.05, 4.69) is 36.4 Å². The number of carbonyl (C=O) groups excluding carboxylic acids is 1. The molecule has 6 nitrogen and oxygen atoms in total. The van der Waals surface area contributed by atoms with Crippen molar-refractivity contribution in [2.75, 3.05) is 5.32 Å². The molecule has 1 aliphatic heterocycles. The Labute approximate surface area is 128 Å². The number of aliphatic hydroxyl groups excluding tert-OH is 1. The van der Waals surface area contributed by atoms with E-state index in [1.165, 1.54) is 18.3 Å². The zero-order chi connectivity index (χ0) is 15.6. The molecule has 3 N–H and O–H groups in total. The van der Waals surface area contributed by atoms with Gasteiger partial charge in [-0.15, -0.1) is 0 Å². The molecule has 0 bridgehead atoms. The molecular formula is C14H21N3O3S. The number of aromatic nitrogens is 1. The number of aliphatic hydroxyl groups is 1. The molecular weight excluding hydrogens is 290 g/mol. The van der Waals surface area contributed by atoms with E-state index in [0.717, 1.165) is 5.76 Å². The van der Waals surface area contributed by atoms with E-state index in [1.54, 1.807) is 6.20 Å². The van der Waals surface area contributed by atoms with Crippen molar-refractivity contribution in [3.05, 3.63) is 23.0 Å². The Morgan fingerprint density at radius 1 is 1.62 bits per heavy atom. The van der Waals surface area contributed by atoms with Crippen LogP contribution in [0.15, 0.2) is 18.2 Å². The van der Waals surface area contributed by atoms with Crippen LogP contribution >= 0.6 is 11.3 Å². The van der Waals surface area contributed by atoms with Gasteiger partial charge in [0.1, 0.15) is 5.76 Å². The summed E-state index contributed by atoms with van der Waals surface area (Å²) in [4.78, 5) is 15.7. The lowest BCUT2D eigenvalue weighted by Gasteiger charge is -2.22. The van der Waals surface area contributed by atoms with E-state index >= 15 is 0 Å². The summed E-state index contributed by atoms with van der Waals surface area (Å²) < 4.78 is 5.79. The summed E-state index contributed by atoms with van der Waals surface area (Å²) in [5.41, 5.74) is -0.0598. The number of nitrogens with one attached hydrogen (secondary N) is 2. The van der Waals surface area contributed by atoms with E-state index < -0.39 is 6.10 Å². The highest BCUT2D eigenvalue weighted by Crippen LogP contribution is 2.33. The summed E-state index contributed by atoms with van der Waals surface area (Å²) in [7, 11) is 0. The lowest BCUT2D eigenvalue weighted by molar-refractivity contribution is -0.114. The van der Waals surface area contributed by atoms with Gasteiger partial charge in [0.25, 0.3) is 0 Å². The molecule has 2 heterocycles. The minimum Gasteiger partial charge on any atom is -0.473 e. The van der Waals surface area contributed by atoms with Gasteiger partial charge in [0.15, 0.2) is 11.4 Å². The Morgan fingerprint density at radius 3 is 2.90 bits per heavy atom. The fourth-order valence-corrected chi connectivity index (χ4v) is 2.73. The largest absolute Gasteiger partial charge is 0.473 e. The molecule has 0 radical (unpaired) electrons. The molecule has 0 aromatic carbocycles. The number of nitrogens with zero attached hydrogens (tertiary/aromatic N) is 1. The molecule has 1 aromatic rings. The standard InChI is InChI=1S/C14H21N3O3S/c1-8(18)17-13-16-6-10(21-13)9(19)5-12-15-7-11(20-12)14(2,3)4/h6-7,9,12,15,19H,5H2,1-4H3,(H,16,17,18). The lowest BCUT2D eigenvalue weighted by atomic mass is 9.94. The Bertz CT molecular complexity index is 548. The number of ether oxygens (including phenoxy) is 1. The number of anilines is 1. The van der Waals surface area contributed by atoms with Gasteiger partial charge in [-0.3, -0.25) is 4.79 Å². The maximum Gasteiger partial charge on any atom is 0.223 e. The van der Waals surface area contributed by atoms with Gasteiger partial charge in [0, 0.05) is 31.2 Å². The quantitative estimate of drug-likeness (QED) is 0.795. The van der Waals surface area contributed by atoms with Gasteiger partial charge in [-0.2, -0.15) is 0 Å². The van der Waals surface area contributed by atoms with Crippen LogP contribution in [0, 0.1) is 5.41 Å². The van der Waals surface area contributed by atoms with Gasteiger partial charge in [-0.25, -0.2) is 4.98 Å². The molecule has 2 rings (SSSR count). The highest BCUT2D eigenvalue weighted by atomic mass is 32.1. The zero-order valence-corrected chi connectivity index (χ0v) is 13.5. The first-order valence-electron chi connectivity index (χ1n) is 6.80. The second-order valence-electron chi connectivity index (χ2n) is 6.03. The van der Waals surface area contributed by atoms with Gasteiger partial charge >= 0.3 is 0 Å². The molecule has 7 heteroatoms. The van der Waals surface area contributed by atoms with Gasteiger partial charge < -0.3 is 20.5 Å². The summed E-state index contributed by atoms with van der Waals surface area (Å²) in [5.74, 6) is 0.702. The molecule has 2 atom stereocenters. The van der Waals surface area contributed by atoms with Crippen LogP contribution in [0.3, 0.4) is 0 Å². The second-order valence-corrected chi connectivity index (χ2v) is 7.09. The summed E-state index contributed by atoms with van der Waals surface area (Å²) >= 11 is 1.27. The first kappa shape index (κ1) is 15.8. The zero-order valence-electron chi connectivity index (χ0n) is 12.6. The van der Waals surface area contributed by atoms with Crippen molar-refractivity contribution < 1.29 is 14.6 Å². The number of thiazole rings is 1. The van der Waals surface area contributed by atoms with Crippen molar-refractivity contribution >= 4 is 22.4 Å². The summed E-state index contributed by atoms with van der Waals surface area (Å²) in [6, 6.07) is 0. The van der Waals surface area contributed by atoms with Crippen LogP contribution in [-0.2, 0) is 9.53 Å². The summed E-state index contributed by atoms with van der Waals surface area (Å²) in [6.45, 7) is 7.64. The monoisotopic (exact) mass is 311 g/mol. The maximum atomic E-state index is 11.0. The van der Waals surface area contributed by atoms with Crippen LogP contribution in [0.25, 0.3) is 0 Å². The minimum atomic E-state index is -0.685. The Morgan fingerprint density at radius 2 is 2.33 bits per heavy atom. The SMILES string of the molecule is CC(=O)Nc1ncc(C(O)CC2NC=C(C(C)(C)C)O2)s1. The van der Waals surface area contributed by atoms with Crippen LogP contribution in [-0.4, -0.2) is 22.2 Å². The molecule has 0 fully saturated rings. The van der Waals surface area contributed by atoms with Gasteiger partial charge in [0.05, 0.1) is 11.0 Å². The summed E-state index contributed by atoms with van der Waals surface area (Å²) in [5, 5.41) is 16.4. The predicted molar refractivity (Wildman–Crippen MR) is 81.5 cm³/mol. The van der Waals surface area contributed by atoms with Crippen molar-refractivity contribution in [3.8, 4) is 0 Å². The number of rotatable bonds is 4. The molecule has 0 aliphatic carbocycles. The molecule has 0 saturated heterocycles. The van der Waals surface area contributed by atoms with E-state index in [9.17, 15) is 9.90 Å². The normalized spacial score (nSPS) is 19.5. The van der Waals surface area contributed by atoms with Crippen molar-refractivity contribution in [2.24, 2.45) is 5.41 Å². The third kappa shape index (κ3) is 4.18. The van der Waals surface area contributed by atoms with Gasteiger partial charge in [-0.1, -0.05) is 32.1 Å². The molecule has 1 aromatic heterocycles. The van der Waals surface area contributed by atoms with Gasteiger partial charge in [-0.05, 0) is 0 Å². The Kier molecular flexibility index (Phi) is 4.53. The highest BCUT2D eigenvalue weighted by molar-refractivity contribution is 7.15. The fraction of sp³-hybridized carbons (Fsp3) is 0.571. The average molecular weight is 311 g/mol. The van der Waals surface area contributed by atoms with Crippen molar-refractivity contribution in [1.29, 1.82) is 0 Å². The van der Waals surface area contributed by atoms with E-state index in [-0.39, 0.29) is 17.6 Å². The Balaban J connectivity index is 1.90. The highest BCUT2D eigenvalue weighted by Gasteiger charge is 2.29. The number of hydrogen-bond donors (Lipinski definition) is 3. The smallest absolute Gasteiger partial charge is 0.223 e. The first-order chi connectivity index (χ1) is 9.75. The molecule has 1 amide bonds. The average Bonchev–Trinajstić information content (AvgIpc) is 2.96. The van der Waals surface area contributed by atoms with E-state index in [1.807, 2.05) is 6.20 Å². The van der Waals surface area contributed by atoms with Crippen LogP contribution < -0.4 is 10.6 Å². The Hall–Kier alpha value is -1.60. The molecule has 2 unspecified atom stereocenters. The number of hydrogen-bond acceptors (Lipinski definition) is 6. The fourth-order valence-electron chi connectivity index (χ4n) is 1.87. The van der Waals surface area contributed by atoms with E-state index in [0.29, 0.717) is 16.4 Å². The van der Waals surface area contributed by atoms with Crippen LogP contribution in [0.5, 0.6) is 0 Å². The van der Waals surface area contributed by atoms with Crippen LogP contribution in [0.4, 0.5) is 5.13 Å². The first-order valence-corrected chi connectivity index (χ1v) is 7.62. The number of carbonyl (C=O) groups is 1.